The molecule has 0 aliphatic rings. The third-order valence-corrected chi connectivity index (χ3v) is 2.86. The van der Waals surface area contributed by atoms with E-state index in [1.165, 1.54) is 13.4 Å². The Kier molecular flexibility index (Phi) is 5.09. The quantitative estimate of drug-likeness (QED) is 0.825. The molecule has 6 heteroatoms. The summed E-state index contributed by atoms with van der Waals surface area (Å²) in [4.78, 5) is 15.5. The van der Waals surface area contributed by atoms with Crippen molar-refractivity contribution in [1.82, 2.24) is 15.2 Å². The summed E-state index contributed by atoms with van der Waals surface area (Å²) in [6.07, 6.45) is 5.16. The van der Waals surface area contributed by atoms with E-state index in [0.717, 1.165) is 5.56 Å². The molecule has 0 amide bonds. The van der Waals surface area contributed by atoms with Crippen molar-refractivity contribution in [3.8, 4) is 5.75 Å². The van der Waals surface area contributed by atoms with E-state index in [-0.39, 0.29) is 5.97 Å². The van der Waals surface area contributed by atoms with Crippen LogP contribution in [0.25, 0.3) is 12.2 Å². The highest BCUT2D eigenvalue weighted by atomic mass is 16.6. The van der Waals surface area contributed by atoms with E-state index in [1.807, 2.05) is 43.3 Å². The fourth-order valence-corrected chi connectivity index (χ4v) is 1.72. The monoisotopic (exact) mass is 287 g/mol. The molecule has 6 nitrogen and oxygen atoms in total. The highest BCUT2D eigenvalue weighted by Crippen LogP contribution is 2.16. The third kappa shape index (κ3) is 4.17. The molecule has 1 heterocycles. The zero-order valence-electron chi connectivity index (χ0n) is 11.9. The smallest absolute Gasteiger partial charge is 0.347 e. The van der Waals surface area contributed by atoms with Crippen molar-refractivity contribution >= 4 is 18.1 Å². The first-order valence-electron chi connectivity index (χ1n) is 6.61. The van der Waals surface area contributed by atoms with Crippen molar-refractivity contribution in [3.05, 3.63) is 42.0 Å². The van der Waals surface area contributed by atoms with Crippen LogP contribution in [0.2, 0.25) is 0 Å². The van der Waals surface area contributed by atoms with Crippen molar-refractivity contribution in [2.75, 3.05) is 7.11 Å². The number of ether oxygens (including phenoxy) is 2. The molecule has 0 aliphatic heterocycles. The number of aromatic amines is 1. The normalized spacial score (nSPS) is 12.3. The third-order valence-electron chi connectivity index (χ3n) is 2.86. The van der Waals surface area contributed by atoms with Crippen molar-refractivity contribution in [1.29, 1.82) is 0 Å². The molecule has 0 saturated heterocycles. The Bertz CT molecular complexity index is 591. The molecule has 0 bridgehead atoms. The minimum absolute atomic E-state index is 0.369. The number of aromatic nitrogens is 3. The minimum atomic E-state index is -0.578. The molecule has 0 spiro atoms. The Morgan fingerprint density at radius 3 is 2.67 bits per heavy atom. The standard InChI is InChI=1S/C15H17N3O3/c1-3-13(15(19)20-2)21-12-7-4-11(5-8-12)6-9-14-16-10-17-18-14/h4-10,13H,3H2,1-2H3,(H,16,17,18). The van der Waals surface area contributed by atoms with Gasteiger partial charge in [-0.05, 0) is 30.2 Å². The van der Waals surface area contributed by atoms with Gasteiger partial charge in [-0.25, -0.2) is 9.78 Å². The number of nitrogens with one attached hydrogen (secondary N) is 1. The van der Waals surface area contributed by atoms with Crippen LogP contribution in [0.4, 0.5) is 0 Å². The molecule has 110 valence electrons. The van der Waals surface area contributed by atoms with E-state index in [2.05, 4.69) is 19.9 Å². The summed E-state index contributed by atoms with van der Waals surface area (Å²) in [5.74, 6) is 0.947. The number of H-pyrrole nitrogens is 1. The molecule has 1 aromatic carbocycles. The average molecular weight is 287 g/mol. The number of rotatable bonds is 6. The molecule has 0 saturated carbocycles. The van der Waals surface area contributed by atoms with Crippen LogP contribution in [0, 0.1) is 0 Å². The lowest BCUT2D eigenvalue weighted by atomic mass is 10.2. The van der Waals surface area contributed by atoms with Gasteiger partial charge in [0.15, 0.2) is 6.10 Å². The second-order valence-corrected chi connectivity index (χ2v) is 4.31. The van der Waals surface area contributed by atoms with Gasteiger partial charge in [-0.2, -0.15) is 5.10 Å². The van der Waals surface area contributed by atoms with Crippen molar-refractivity contribution in [3.63, 3.8) is 0 Å². The lowest BCUT2D eigenvalue weighted by Crippen LogP contribution is -2.27. The van der Waals surface area contributed by atoms with E-state index in [9.17, 15) is 4.79 Å². The Balaban J connectivity index is 2.00. The van der Waals surface area contributed by atoms with Crippen LogP contribution in [0.5, 0.6) is 5.75 Å². The number of benzene rings is 1. The first-order valence-corrected chi connectivity index (χ1v) is 6.61. The lowest BCUT2D eigenvalue weighted by molar-refractivity contribution is -0.148. The zero-order chi connectivity index (χ0) is 15.1. The number of esters is 1. The van der Waals surface area contributed by atoms with Crippen LogP contribution >= 0.6 is 0 Å². The highest BCUT2D eigenvalue weighted by Gasteiger charge is 2.18. The number of carbonyl (C=O) groups excluding carboxylic acids is 1. The first-order chi connectivity index (χ1) is 10.2. The van der Waals surface area contributed by atoms with Crippen LogP contribution in [0.3, 0.4) is 0 Å². The molecule has 1 atom stereocenters. The molecular formula is C15H17N3O3. The Hall–Kier alpha value is -2.63. The van der Waals surface area contributed by atoms with Gasteiger partial charge in [-0.3, -0.25) is 5.10 Å². The van der Waals surface area contributed by atoms with Crippen LogP contribution in [0.1, 0.15) is 24.7 Å². The molecule has 1 aromatic heterocycles. The van der Waals surface area contributed by atoms with E-state index in [1.54, 1.807) is 0 Å². The fraction of sp³-hybridized carbons (Fsp3) is 0.267. The maximum absolute atomic E-state index is 11.5. The summed E-state index contributed by atoms with van der Waals surface area (Å²) >= 11 is 0. The summed E-state index contributed by atoms with van der Waals surface area (Å²) in [6.45, 7) is 1.87. The largest absolute Gasteiger partial charge is 0.479 e. The van der Waals surface area contributed by atoms with E-state index in [4.69, 9.17) is 4.74 Å². The highest BCUT2D eigenvalue weighted by molar-refractivity contribution is 5.75. The summed E-state index contributed by atoms with van der Waals surface area (Å²) in [7, 11) is 1.35. The zero-order valence-corrected chi connectivity index (χ0v) is 11.9. The Morgan fingerprint density at radius 1 is 1.33 bits per heavy atom. The van der Waals surface area contributed by atoms with Gasteiger partial charge >= 0.3 is 5.97 Å². The second kappa shape index (κ2) is 7.23. The van der Waals surface area contributed by atoms with E-state index in [0.29, 0.717) is 18.0 Å². The Labute approximate surface area is 122 Å². The van der Waals surface area contributed by atoms with Crippen LogP contribution in [0.15, 0.2) is 30.6 Å². The maximum atomic E-state index is 11.5. The maximum Gasteiger partial charge on any atom is 0.347 e. The molecule has 21 heavy (non-hydrogen) atoms. The average Bonchev–Trinajstić information content (AvgIpc) is 3.04. The molecule has 0 radical (unpaired) electrons. The number of hydrogen-bond donors (Lipinski definition) is 1. The SMILES string of the molecule is CCC(Oc1ccc(C=Cc2ncn[nH]2)cc1)C(=O)OC. The van der Waals surface area contributed by atoms with Crippen LogP contribution in [-0.2, 0) is 9.53 Å². The van der Waals surface area contributed by atoms with Gasteiger partial charge in [0.1, 0.15) is 17.9 Å². The van der Waals surface area contributed by atoms with Crippen molar-refractivity contribution in [2.45, 2.75) is 19.4 Å². The molecule has 0 aliphatic carbocycles. The number of hydrogen-bond acceptors (Lipinski definition) is 5. The summed E-state index contributed by atoms with van der Waals surface area (Å²) in [5.41, 5.74) is 0.991. The molecular weight excluding hydrogens is 270 g/mol. The van der Waals surface area contributed by atoms with Gasteiger partial charge in [0.2, 0.25) is 0 Å². The van der Waals surface area contributed by atoms with E-state index >= 15 is 0 Å². The Morgan fingerprint density at radius 2 is 2.10 bits per heavy atom. The summed E-state index contributed by atoms with van der Waals surface area (Å²) in [5, 5.41) is 6.51. The predicted octanol–water partition coefficient (Wildman–Crippen LogP) is 2.31. The molecule has 0 fully saturated rings. The number of carbonyl (C=O) groups is 1. The lowest BCUT2D eigenvalue weighted by Gasteiger charge is -2.15. The topological polar surface area (TPSA) is 77.1 Å². The van der Waals surface area contributed by atoms with Gasteiger partial charge in [0, 0.05) is 0 Å². The molecule has 1 N–H and O–H groups in total. The van der Waals surface area contributed by atoms with Gasteiger partial charge in [-0.15, -0.1) is 0 Å². The van der Waals surface area contributed by atoms with Gasteiger partial charge < -0.3 is 9.47 Å². The van der Waals surface area contributed by atoms with E-state index < -0.39 is 6.10 Å². The van der Waals surface area contributed by atoms with Gasteiger partial charge in [0.05, 0.1) is 7.11 Å². The summed E-state index contributed by atoms with van der Waals surface area (Å²) < 4.78 is 10.3. The van der Waals surface area contributed by atoms with Crippen molar-refractivity contribution < 1.29 is 14.3 Å². The predicted molar refractivity (Wildman–Crippen MR) is 78.5 cm³/mol. The molecule has 2 rings (SSSR count). The first kappa shape index (κ1) is 14.8. The molecule has 1 unspecified atom stereocenters. The van der Waals surface area contributed by atoms with Crippen LogP contribution in [-0.4, -0.2) is 34.4 Å². The number of methoxy groups -OCH3 is 1. The fourth-order valence-electron chi connectivity index (χ4n) is 1.72. The van der Waals surface area contributed by atoms with Gasteiger partial charge in [0.25, 0.3) is 0 Å². The number of nitrogens with zero attached hydrogens (tertiary/aromatic N) is 2. The van der Waals surface area contributed by atoms with Gasteiger partial charge in [-0.1, -0.05) is 25.1 Å². The molecule has 2 aromatic rings. The summed E-state index contributed by atoms with van der Waals surface area (Å²) in [6, 6.07) is 7.41. The minimum Gasteiger partial charge on any atom is -0.479 e. The van der Waals surface area contributed by atoms with Crippen LogP contribution < -0.4 is 4.74 Å². The second-order valence-electron chi connectivity index (χ2n) is 4.31. The van der Waals surface area contributed by atoms with Crippen molar-refractivity contribution in [2.24, 2.45) is 0 Å².